The fourth-order valence-electron chi connectivity index (χ4n) is 6.91. The van der Waals surface area contributed by atoms with Crippen molar-refractivity contribution in [1.29, 1.82) is 0 Å². The van der Waals surface area contributed by atoms with Gasteiger partial charge in [0.15, 0.2) is 10.3 Å². The molecule has 0 spiro atoms. The van der Waals surface area contributed by atoms with E-state index < -0.39 is 12.2 Å². The molecule has 3 amide bonds. The molecule has 382 valence electrons. The van der Waals surface area contributed by atoms with Gasteiger partial charge in [-0.25, -0.2) is 43.3 Å². The lowest BCUT2D eigenvalue weighted by Crippen LogP contribution is -2.50. The number of pyridine rings is 2. The third-order valence-corrected chi connectivity index (χ3v) is 12.7. The number of hydrogen-bond acceptors (Lipinski definition) is 16. The number of amides is 3. The van der Waals surface area contributed by atoms with Gasteiger partial charge in [-0.15, -0.1) is 35.6 Å². The number of rotatable bonds is 10. The number of anilines is 4. The second-order valence-corrected chi connectivity index (χ2v) is 19.0. The lowest BCUT2D eigenvalue weighted by Gasteiger charge is -2.35. The van der Waals surface area contributed by atoms with E-state index in [1.54, 1.807) is 35.5 Å². The Morgan fingerprint density at radius 2 is 1.18 bits per heavy atom. The molecule has 0 bridgehead atoms. The van der Waals surface area contributed by atoms with Crippen molar-refractivity contribution in [2.45, 2.75) is 25.0 Å². The molecule has 2 aliphatic rings. The minimum Gasteiger partial charge on any atom is -0.394 e. The molecule has 7 heterocycles. The van der Waals surface area contributed by atoms with E-state index >= 15 is 0 Å². The molecule has 7 aromatic rings. The van der Waals surface area contributed by atoms with Gasteiger partial charge in [0.2, 0.25) is 0 Å². The first-order valence-corrected chi connectivity index (χ1v) is 24.9. The smallest absolute Gasteiger partial charge is 0.333 e. The molecular weight excluding hydrogens is 1070 g/mol. The molecule has 2 saturated heterocycles. The number of alkyl halides is 2. The molecule has 0 aliphatic carbocycles. The predicted octanol–water partition coefficient (Wildman–Crippen LogP) is 7.33. The van der Waals surface area contributed by atoms with E-state index in [2.05, 4.69) is 45.8 Å². The van der Waals surface area contributed by atoms with Gasteiger partial charge in [0.05, 0.1) is 61.2 Å². The number of aliphatic hydroxyl groups is 4. The van der Waals surface area contributed by atoms with Crippen molar-refractivity contribution < 1.29 is 38.8 Å². The number of aliphatic hydroxyl groups excluding tert-OH is 4. The van der Waals surface area contributed by atoms with E-state index in [-0.39, 0.29) is 61.1 Å². The number of hydrogen-bond donors (Lipinski definition) is 7. The van der Waals surface area contributed by atoms with Gasteiger partial charge < -0.3 is 40.4 Å². The van der Waals surface area contributed by atoms with Crippen LogP contribution in [0.2, 0.25) is 10.0 Å². The van der Waals surface area contributed by atoms with E-state index in [9.17, 15) is 28.6 Å². The fourth-order valence-corrected chi connectivity index (χ4v) is 9.29. The van der Waals surface area contributed by atoms with Crippen LogP contribution in [0.5, 0.6) is 0 Å². The quantitative estimate of drug-likeness (QED) is 0.0666. The van der Waals surface area contributed by atoms with Crippen LogP contribution >= 0.6 is 81.5 Å². The lowest BCUT2D eigenvalue weighted by atomic mass is 10.1. The molecule has 0 radical (unpaired) electrons. The Balaban J connectivity index is 0.000000202. The van der Waals surface area contributed by atoms with Crippen molar-refractivity contribution in [1.82, 2.24) is 39.7 Å². The lowest BCUT2D eigenvalue weighted by molar-refractivity contribution is 0.0954. The topological polar surface area (TPSA) is 230 Å². The second kappa shape index (κ2) is 28.4. The van der Waals surface area contributed by atoms with Crippen molar-refractivity contribution in [3.63, 3.8) is 0 Å². The minimum absolute atomic E-state index is 0. The Morgan fingerprint density at radius 1 is 0.718 bits per heavy atom. The monoisotopic (exact) mass is 1120 g/mol. The summed E-state index contributed by atoms with van der Waals surface area (Å²) in [4.78, 5) is 51.2. The molecule has 27 heteroatoms. The van der Waals surface area contributed by atoms with E-state index in [4.69, 9.17) is 56.6 Å². The molecule has 2 aromatic carbocycles. The number of aromatic nitrogens is 6. The van der Waals surface area contributed by atoms with Crippen LogP contribution in [0.1, 0.15) is 11.1 Å². The number of nitrogens with one attached hydrogen (secondary N) is 3. The Hall–Kier alpha value is -4.82. The van der Waals surface area contributed by atoms with E-state index in [1.165, 1.54) is 70.2 Å². The van der Waals surface area contributed by atoms with Crippen molar-refractivity contribution in [2.75, 3.05) is 91.3 Å². The first-order valence-electron chi connectivity index (χ1n) is 21.4. The van der Waals surface area contributed by atoms with Crippen LogP contribution in [0.3, 0.4) is 0 Å². The standard InChI is InChI=1S/C20H21ClFN5O3S.C12H18ClN3O2.C11H7FN4OS.CH2Cl2.ClH/c21-15-8-12(7-14(29)11-28)10-23-18(15)26-3-5-27(6-4-26)20(30)25-19-24-16-2-1-13(22)9-17(16)31-19;13-11-6-9(5-10(18)8-17)7-15-12(11)16-3-1-14-2-4-16;12-7-1-2-8-9(5-7)18-10(14-8)15-11(17)16-4-3-13-6-16;2-1-3;/h1-2,8-10,14,28-29H,3-7,11H2,(H,24,25,30);6-7,10,14,17-18H,1-5,8H2;1-6H,(H,14,15,17);1H2;1H/t14-;10-;;;/m11.../s1. The van der Waals surface area contributed by atoms with Gasteiger partial charge in [-0.05, 0) is 59.7 Å². The first kappa shape index (κ1) is 57.1. The third-order valence-electron chi connectivity index (χ3n) is 10.3. The van der Waals surface area contributed by atoms with Gasteiger partial charge in [-0.3, -0.25) is 15.2 Å². The maximum atomic E-state index is 13.3. The van der Waals surface area contributed by atoms with Crippen LogP contribution in [-0.4, -0.2) is 150 Å². The van der Waals surface area contributed by atoms with E-state index in [1.807, 2.05) is 11.0 Å². The molecule has 18 nitrogen and oxygen atoms in total. The van der Waals surface area contributed by atoms with Gasteiger partial charge in [0.1, 0.15) is 29.6 Å². The van der Waals surface area contributed by atoms with Crippen LogP contribution in [0.4, 0.5) is 40.3 Å². The molecule has 5 aromatic heterocycles. The Morgan fingerprint density at radius 3 is 1.62 bits per heavy atom. The molecule has 2 fully saturated rings. The molecular formula is C44H49Cl5F2N12O6S2. The summed E-state index contributed by atoms with van der Waals surface area (Å²) >= 11 is 24.6. The van der Waals surface area contributed by atoms with Gasteiger partial charge in [0, 0.05) is 90.0 Å². The zero-order valence-corrected chi connectivity index (χ0v) is 42.9. The number of urea groups is 1. The maximum absolute atomic E-state index is 13.3. The van der Waals surface area contributed by atoms with Crippen molar-refractivity contribution in [2.24, 2.45) is 0 Å². The highest BCUT2D eigenvalue weighted by molar-refractivity contribution is 7.22. The summed E-state index contributed by atoms with van der Waals surface area (Å²) in [6, 6.07) is 11.6. The zero-order chi connectivity index (χ0) is 50.2. The summed E-state index contributed by atoms with van der Waals surface area (Å²) in [6.07, 6.45) is 6.81. The number of imidazole rings is 1. The summed E-state index contributed by atoms with van der Waals surface area (Å²) in [6.45, 7) is 5.16. The summed E-state index contributed by atoms with van der Waals surface area (Å²) in [5.41, 5.74) is 2.87. The van der Waals surface area contributed by atoms with E-state index in [0.717, 1.165) is 43.1 Å². The number of carbonyl (C=O) groups is 2. The highest BCUT2D eigenvalue weighted by atomic mass is 35.5. The number of piperazine rings is 2. The molecule has 0 saturated carbocycles. The van der Waals surface area contributed by atoms with Crippen molar-refractivity contribution in [3.8, 4) is 0 Å². The zero-order valence-electron chi connectivity index (χ0n) is 37.5. The third kappa shape index (κ3) is 16.9. The van der Waals surface area contributed by atoms with Crippen LogP contribution in [0.15, 0.2) is 79.6 Å². The highest BCUT2D eigenvalue weighted by Gasteiger charge is 2.25. The molecule has 2 atom stereocenters. The molecule has 2 aliphatic heterocycles. The van der Waals surface area contributed by atoms with Crippen LogP contribution in [-0.2, 0) is 12.8 Å². The van der Waals surface area contributed by atoms with E-state index in [0.29, 0.717) is 79.2 Å². The summed E-state index contributed by atoms with van der Waals surface area (Å²) in [5.74, 6) is 0.756. The first-order chi connectivity index (χ1) is 33.8. The van der Waals surface area contributed by atoms with Gasteiger partial charge in [0.25, 0.3) is 0 Å². The summed E-state index contributed by atoms with van der Waals surface area (Å²) < 4.78 is 29.0. The highest BCUT2D eigenvalue weighted by Crippen LogP contribution is 2.30. The number of fused-ring (bicyclic) bond motifs is 2. The molecule has 7 N–H and O–H groups in total. The Kier molecular flexibility index (Phi) is 22.9. The predicted molar refractivity (Wildman–Crippen MR) is 280 cm³/mol. The Labute approximate surface area is 440 Å². The van der Waals surface area contributed by atoms with Crippen molar-refractivity contribution in [3.05, 3.63) is 112 Å². The molecule has 0 unspecified atom stereocenters. The largest absolute Gasteiger partial charge is 0.394 e. The normalized spacial score (nSPS) is 14.2. The number of carbonyl (C=O) groups excluding carboxylic acids is 2. The van der Waals surface area contributed by atoms with Crippen LogP contribution < -0.4 is 25.8 Å². The number of thiazole rings is 2. The van der Waals surface area contributed by atoms with Gasteiger partial charge >= 0.3 is 12.1 Å². The molecule has 9 rings (SSSR count). The SMILES string of the molecule is Cl.ClCCl.O=C(Nc1nc2ccc(F)cc2s1)N1CCN(c2ncc(C[C@@H](O)CO)cc2Cl)CC1.O=C(Nc1nc2ccc(F)cc2s1)n1ccnc1.OC[C@H](O)Cc1cnc(N2CCNCC2)c(Cl)c1. The summed E-state index contributed by atoms with van der Waals surface area (Å²) in [7, 11) is 0. The average Bonchev–Trinajstić information content (AvgIpc) is 4.13. The second-order valence-electron chi connectivity index (χ2n) is 15.3. The van der Waals surface area contributed by atoms with Gasteiger partial charge in [-0.2, -0.15) is 0 Å². The number of nitrogens with zero attached hydrogens (tertiary/aromatic N) is 9. The number of benzene rings is 2. The maximum Gasteiger partial charge on any atom is 0.333 e. The average molecular weight is 1120 g/mol. The minimum atomic E-state index is -0.847. The van der Waals surface area contributed by atoms with Crippen LogP contribution in [0.25, 0.3) is 20.4 Å². The summed E-state index contributed by atoms with van der Waals surface area (Å²) in [5, 5.41) is 47.5. The number of halogens is 7. The van der Waals surface area contributed by atoms with Crippen LogP contribution in [0, 0.1) is 11.6 Å². The fraction of sp³-hybridized carbons (Fsp3) is 0.341. The Bertz CT molecular complexity index is 2790. The molecule has 71 heavy (non-hydrogen) atoms. The van der Waals surface area contributed by atoms with Crippen molar-refractivity contribution >= 4 is 136 Å². The van der Waals surface area contributed by atoms with Gasteiger partial charge in [-0.1, -0.05) is 45.9 Å².